The molecular formula is C23H19ClN2O2S. The van der Waals surface area contributed by atoms with Gasteiger partial charge in [-0.1, -0.05) is 48.9 Å². The maximum Gasteiger partial charge on any atom is 0.210 e. The lowest BCUT2D eigenvalue weighted by Crippen LogP contribution is -2.07. The molecule has 0 saturated heterocycles. The monoisotopic (exact) mass is 422 g/mol. The molecule has 29 heavy (non-hydrogen) atoms. The van der Waals surface area contributed by atoms with Gasteiger partial charge in [-0.2, -0.15) is 0 Å². The number of halogens is 1. The molecule has 3 aromatic carbocycles. The van der Waals surface area contributed by atoms with Crippen molar-refractivity contribution in [3.05, 3.63) is 89.6 Å². The Morgan fingerprint density at radius 3 is 2.31 bits per heavy atom. The van der Waals surface area contributed by atoms with E-state index >= 15 is 0 Å². The standard InChI is InChI=1S/C23H19ClN2O2S/c1-2-16-7-13-19(14-8-16)29(27,28)22-15-25-21-6-4-3-5-20(21)23(22)26-18-11-9-17(24)10-12-18/h3-15H,2H2,1H3,(H,25,26). The van der Waals surface area contributed by atoms with E-state index < -0.39 is 9.84 Å². The van der Waals surface area contributed by atoms with Gasteiger partial charge in [0.2, 0.25) is 9.84 Å². The number of nitrogens with one attached hydrogen (secondary N) is 1. The van der Waals surface area contributed by atoms with E-state index in [1.54, 1.807) is 24.3 Å². The highest BCUT2D eigenvalue weighted by Gasteiger charge is 2.24. The second-order valence-corrected chi connectivity index (χ2v) is 9.00. The molecule has 0 aliphatic carbocycles. The SMILES string of the molecule is CCc1ccc(S(=O)(=O)c2cnc3ccccc3c2Nc2ccc(Cl)cc2)cc1. The summed E-state index contributed by atoms with van der Waals surface area (Å²) in [4.78, 5) is 4.76. The lowest BCUT2D eigenvalue weighted by Gasteiger charge is -2.15. The van der Waals surface area contributed by atoms with Gasteiger partial charge in [0.05, 0.1) is 16.1 Å². The summed E-state index contributed by atoms with van der Waals surface area (Å²) in [5, 5.41) is 4.60. The number of aryl methyl sites for hydroxylation is 1. The molecule has 0 saturated carbocycles. The number of hydrogen-bond donors (Lipinski definition) is 1. The van der Waals surface area contributed by atoms with Crippen LogP contribution in [0.15, 0.2) is 88.8 Å². The molecule has 0 amide bonds. The van der Waals surface area contributed by atoms with E-state index in [1.807, 2.05) is 55.5 Å². The number of anilines is 2. The Balaban J connectivity index is 1.90. The molecule has 0 atom stereocenters. The van der Waals surface area contributed by atoms with Gasteiger partial charge in [-0.15, -0.1) is 0 Å². The van der Waals surface area contributed by atoms with Gasteiger partial charge in [0.15, 0.2) is 0 Å². The van der Waals surface area contributed by atoms with E-state index in [4.69, 9.17) is 11.6 Å². The molecule has 0 bridgehead atoms. The van der Waals surface area contributed by atoms with Crippen molar-refractivity contribution in [3.8, 4) is 0 Å². The average Bonchev–Trinajstić information content (AvgIpc) is 2.75. The van der Waals surface area contributed by atoms with Crippen LogP contribution >= 0.6 is 11.6 Å². The molecule has 1 aromatic heterocycles. The van der Waals surface area contributed by atoms with Gasteiger partial charge in [0.1, 0.15) is 4.90 Å². The van der Waals surface area contributed by atoms with E-state index in [9.17, 15) is 8.42 Å². The first kappa shape index (κ1) is 19.4. The first-order chi connectivity index (χ1) is 14.0. The van der Waals surface area contributed by atoms with Crippen molar-refractivity contribution in [3.63, 3.8) is 0 Å². The molecule has 0 unspecified atom stereocenters. The predicted octanol–water partition coefficient (Wildman–Crippen LogP) is 6.03. The van der Waals surface area contributed by atoms with Crippen molar-refractivity contribution >= 4 is 43.7 Å². The number of aromatic nitrogens is 1. The zero-order valence-corrected chi connectivity index (χ0v) is 17.3. The Kier molecular flexibility index (Phi) is 5.26. The number of sulfone groups is 1. The Morgan fingerprint density at radius 2 is 1.62 bits per heavy atom. The predicted molar refractivity (Wildman–Crippen MR) is 118 cm³/mol. The number of nitrogens with zero attached hydrogens (tertiary/aromatic N) is 1. The molecule has 4 nitrogen and oxygen atoms in total. The molecule has 0 fully saturated rings. The zero-order chi connectivity index (χ0) is 20.4. The molecular weight excluding hydrogens is 404 g/mol. The Labute approximate surface area is 175 Å². The summed E-state index contributed by atoms with van der Waals surface area (Å²) in [6, 6.07) is 21.6. The third-order valence-electron chi connectivity index (χ3n) is 4.79. The van der Waals surface area contributed by atoms with Gasteiger partial charge in [0, 0.05) is 22.3 Å². The highest BCUT2D eigenvalue weighted by Crippen LogP contribution is 2.35. The molecule has 1 heterocycles. The van der Waals surface area contributed by atoms with Crippen LogP contribution in [-0.2, 0) is 16.3 Å². The van der Waals surface area contributed by atoms with Crippen molar-refractivity contribution in [2.45, 2.75) is 23.1 Å². The fourth-order valence-corrected chi connectivity index (χ4v) is 4.66. The summed E-state index contributed by atoms with van der Waals surface area (Å²) in [6.45, 7) is 2.03. The van der Waals surface area contributed by atoms with Crippen LogP contribution in [0, 0.1) is 0 Å². The van der Waals surface area contributed by atoms with Crippen molar-refractivity contribution in [2.24, 2.45) is 0 Å². The van der Waals surface area contributed by atoms with E-state index in [-0.39, 0.29) is 9.79 Å². The molecule has 0 aliphatic heterocycles. The largest absolute Gasteiger partial charge is 0.354 e. The number of fused-ring (bicyclic) bond motifs is 1. The van der Waals surface area contributed by atoms with Crippen LogP contribution in [0.5, 0.6) is 0 Å². The number of pyridine rings is 1. The van der Waals surface area contributed by atoms with Gasteiger partial charge < -0.3 is 5.32 Å². The van der Waals surface area contributed by atoms with Gasteiger partial charge in [-0.05, 0) is 54.4 Å². The Bertz CT molecular complexity index is 1270. The third-order valence-corrected chi connectivity index (χ3v) is 6.82. The average molecular weight is 423 g/mol. The van der Waals surface area contributed by atoms with Crippen molar-refractivity contribution in [2.75, 3.05) is 5.32 Å². The van der Waals surface area contributed by atoms with E-state index in [2.05, 4.69) is 10.3 Å². The lowest BCUT2D eigenvalue weighted by molar-refractivity contribution is 0.596. The van der Waals surface area contributed by atoms with Crippen LogP contribution in [-0.4, -0.2) is 13.4 Å². The molecule has 6 heteroatoms. The smallest absolute Gasteiger partial charge is 0.210 e. The second kappa shape index (κ2) is 7.85. The minimum absolute atomic E-state index is 0.135. The normalized spacial score (nSPS) is 11.5. The molecule has 4 aromatic rings. The quantitative estimate of drug-likeness (QED) is 0.426. The van der Waals surface area contributed by atoms with E-state index in [0.29, 0.717) is 16.2 Å². The first-order valence-corrected chi connectivity index (χ1v) is 11.1. The fourth-order valence-electron chi connectivity index (χ4n) is 3.16. The van der Waals surface area contributed by atoms with Gasteiger partial charge in [-0.25, -0.2) is 8.42 Å². The summed E-state index contributed by atoms with van der Waals surface area (Å²) in [7, 11) is -3.77. The van der Waals surface area contributed by atoms with Crippen LogP contribution in [0.3, 0.4) is 0 Å². The van der Waals surface area contributed by atoms with Gasteiger partial charge >= 0.3 is 0 Å². The third kappa shape index (κ3) is 3.84. The van der Waals surface area contributed by atoms with Crippen molar-refractivity contribution in [1.82, 2.24) is 4.98 Å². The van der Waals surface area contributed by atoms with E-state index in [0.717, 1.165) is 23.1 Å². The lowest BCUT2D eigenvalue weighted by atomic mass is 10.2. The summed E-state index contributed by atoms with van der Waals surface area (Å²) in [5.74, 6) is 0. The minimum Gasteiger partial charge on any atom is -0.354 e. The van der Waals surface area contributed by atoms with Crippen LogP contribution in [0.2, 0.25) is 5.02 Å². The highest BCUT2D eigenvalue weighted by atomic mass is 35.5. The van der Waals surface area contributed by atoms with Crippen LogP contribution in [0.4, 0.5) is 11.4 Å². The molecule has 0 radical (unpaired) electrons. The molecule has 1 N–H and O–H groups in total. The topological polar surface area (TPSA) is 59.1 Å². The van der Waals surface area contributed by atoms with Crippen molar-refractivity contribution in [1.29, 1.82) is 0 Å². The van der Waals surface area contributed by atoms with Crippen LogP contribution in [0.25, 0.3) is 10.9 Å². The maximum atomic E-state index is 13.4. The Morgan fingerprint density at radius 1 is 0.931 bits per heavy atom. The Hall–Kier alpha value is -2.89. The maximum absolute atomic E-state index is 13.4. The van der Waals surface area contributed by atoms with E-state index in [1.165, 1.54) is 6.20 Å². The molecule has 146 valence electrons. The number of para-hydroxylation sites is 1. The summed E-state index contributed by atoms with van der Waals surface area (Å²) >= 11 is 5.98. The number of benzene rings is 3. The van der Waals surface area contributed by atoms with Crippen molar-refractivity contribution < 1.29 is 8.42 Å². The molecule has 0 spiro atoms. The first-order valence-electron chi connectivity index (χ1n) is 9.23. The zero-order valence-electron chi connectivity index (χ0n) is 15.8. The van der Waals surface area contributed by atoms with Crippen LogP contribution in [0.1, 0.15) is 12.5 Å². The summed E-state index contributed by atoms with van der Waals surface area (Å²) in [5.41, 5.74) is 3.03. The fraction of sp³-hybridized carbons (Fsp3) is 0.0870. The van der Waals surface area contributed by atoms with Crippen LogP contribution < -0.4 is 5.32 Å². The number of rotatable bonds is 5. The van der Waals surface area contributed by atoms with Gasteiger partial charge in [-0.3, -0.25) is 4.98 Å². The molecule has 4 rings (SSSR count). The second-order valence-electron chi connectivity index (χ2n) is 6.65. The van der Waals surface area contributed by atoms with Gasteiger partial charge in [0.25, 0.3) is 0 Å². The molecule has 0 aliphatic rings. The summed E-state index contributed by atoms with van der Waals surface area (Å²) in [6.07, 6.45) is 2.27. The minimum atomic E-state index is -3.77. The summed E-state index contributed by atoms with van der Waals surface area (Å²) < 4.78 is 26.9. The number of hydrogen-bond acceptors (Lipinski definition) is 4. The highest BCUT2D eigenvalue weighted by molar-refractivity contribution is 7.91.